The zero-order chi connectivity index (χ0) is 14.5. The first-order valence-corrected chi connectivity index (χ1v) is 6.68. The van der Waals surface area contributed by atoms with E-state index in [1.807, 2.05) is 37.4 Å². The fraction of sp³-hybridized carbons (Fsp3) is 0.312. The molecular formula is C16H21N3O. The maximum Gasteiger partial charge on any atom is 0.128 e. The van der Waals surface area contributed by atoms with Crippen LogP contribution in [0.5, 0.6) is 5.75 Å². The monoisotopic (exact) mass is 271 g/mol. The van der Waals surface area contributed by atoms with Crippen molar-refractivity contribution in [3.8, 4) is 5.75 Å². The largest absolute Gasteiger partial charge is 0.496 e. The van der Waals surface area contributed by atoms with Gasteiger partial charge in [-0.15, -0.1) is 0 Å². The molecule has 0 bridgehead atoms. The van der Waals surface area contributed by atoms with Crippen molar-refractivity contribution < 1.29 is 4.74 Å². The second kappa shape index (κ2) is 6.28. The van der Waals surface area contributed by atoms with Crippen LogP contribution in [0.4, 0.5) is 11.5 Å². The first kappa shape index (κ1) is 14.2. The number of ether oxygens (including phenoxy) is 1. The summed E-state index contributed by atoms with van der Waals surface area (Å²) in [5.41, 5.74) is 7.55. The van der Waals surface area contributed by atoms with Gasteiger partial charge in [-0.05, 0) is 37.1 Å². The summed E-state index contributed by atoms with van der Waals surface area (Å²) in [4.78, 5) is 6.50. The van der Waals surface area contributed by atoms with Gasteiger partial charge in [-0.2, -0.15) is 0 Å². The molecule has 1 unspecified atom stereocenters. The Morgan fingerprint density at radius 3 is 2.65 bits per heavy atom. The molecule has 0 amide bonds. The minimum atomic E-state index is 0.308. The lowest BCUT2D eigenvalue weighted by Gasteiger charge is -2.26. The highest BCUT2D eigenvalue weighted by atomic mass is 16.5. The Bertz CT molecular complexity index is 554. The van der Waals surface area contributed by atoms with Crippen LogP contribution in [-0.2, 0) is 6.42 Å². The minimum Gasteiger partial charge on any atom is -0.496 e. The average Bonchev–Trinajstić information content (AvgIpc) is 2.48. The molecule has 0 radical (unpaired) electrons. The first-order valence-electron chi connectivity index (χ1n) is 6.68. The van der Waals surface area contributed by atoms with Gasteiger partial charge in [0.1, 0.15) is 11.6 Å². The number of nitrogens with zero attached hydrogens (tertiary/aromatic N) is 2. The highest BCUT2D eigenvalue weighted by Gasteiger charge is 2.14. The molecule has 20 heavy (non-hydrogen) atoms. The number of aromatic nitrogens is 1. The number of anilines is 2. The molecule has 0 saturated carbocycles. The van der Waals surface area contributed by atoms with Crippen molar-refractivity contribution in [2.75, 3.05) is 24.8 Å². The second-order valence-electron chi connectivity index (χ2n) is 4.93. The number of likely N-dealkylation sites (N-methyl/N-ethyl adjacent to an activating group) is 1. The molecule has 4 heteroatoms. The van der Waals surface area contributed by atoms with Crippen LogP contribution in [0.2, 0.25) is 0 Å². The van der Waals surface area contributed by atoms with E-state index >= 15 is 0 Å². The van der Waals surface area contributed by atoms with Crippen molar-refractivity contribution in [3.63, 3.8) is 0 Å². The molecule has 0 aliphatic carbocycles. The van der Waals surface area contributed by atoms with Gasteiger partial charge in [0, 0.05) is 13.1 Å². The molecule has 0 aliphatic heterocycles. The summed E-state index contributed by atoms with van der Waals surface area (Å²) in [5, 5.41) is 0. The van der Waals surface area contributed by atoms with Gasteiger partial charge in [-0.1, -0.05) is 18.2 Å². The molecule has 1 aromatic heterocycles. The second-order valence-corrected chi connectivity index (χ2v) is 4.93. The maximum atomic E-state index is 5.67. The van der Waals surface area contributed by atoms with Crippen molar-refractivity contribution in [1.82, 2.24) is 4.98 Å². The van der Waals surface area contributed by atoms with E-state index in [0.717, 1.165) is 18.0 Å². The number of rotatable bonds is 5. The van der Waals surface area contributed by atoms with Gasteiger partial charge in [0.05, 0.1) is 19.0 Å². The van der Waals surface area contributed by atoms with Crippen LogP contribution in [-0.4, -0.2) is 25.2 Å². The SMILES string of the molecule is COc1ccccc1CC(C)N(C)c1ccc(N)cn1. The summed E-state index contributed by atoms with van der Waals surface area (Å²) in [6, 6.07) is 12.2. The van der Waals surface area contributed by atoms with E-state index in [9.17, 15) is 0 Å². The van der Waals surface area contributed by atoms with Gasteiger partial charge in [0.2, 0.25) is 0 Å². The van der Waals surface area contributed by atoms with E-state index in [1.165, 1.54) is 5.56 Å². The van der Waals surface area contributed by atoms with Crippen molar-refractivity contribution in [1.29, 1.82) is 0 Å². The Kier molecular flexibility index (Phi) is 4.45. The predicted molar refractivity (Wildman–Crippen MR) is 83.2 cm³/mol. The number of para-hydroxylation sites is 1. The molecule has 2 rings (SSSR count). The molecule has 0 saturated heterocycles. The van der Waals surface area contributed by atoms with Crippen LogP contribution in [0.3, 0.4) is 0 Å². The van der Waals surface area contributed by atoms with Gasteiger partial charge in [-0.3, -0.25) is 0 Å². The standard InChI is InChI=1S/C16H21N3O/c1-12(10-13-6-4-5-7-15(13)20-3)19(2)16-9-8-14(17)11-18-16/h4-9,11-12H,10,17H2,1-3H3. The van der Waals surface area contributed by atoms with Gasteiger partial charge in [-0.25, -0.2) is 4.98 Å². The molecule has 0 spiro atoms. The summed E-state index contributed by atoms with van der Waals surface area (Å²) in [6.45, 7) is 2.17. The van der Waals surface area contributed by atoms with Gasteiger partial charge in [0.25, 0.3) is 0 Å². The number of hydrogen-bond donors (Lipinski definition) is 1. The molecule has 1 atom stereocenters. The Balaban J connectivity index is 2.11. The predicted octanol–water partition coefficient (Wildman–Crippen LogP) is 2.74. The third-order valence-electron chi connectivity index (χ3n) is 3.50. The summed E-state index contributed by atoms with van der Waals surface area (Å²) < 4.78 is 5.40. The van der Waals surface area contributed by atoms with E-state index in [0.29, 0.717) is 11.7 Å². The van der Waals surface area contributed by atoms with Crippen molar-refractivity contribution in [3.05, 3.63) is 48.2 Å². The van der Waals surface area contributed by atoms with Crippen LogP contribution in [0.15, 0.2) is 42.6 Å². The van der Waals surface area contributed by atoms with E-state index in [-0.39, 0.29) is 0 Å². The molecule has 1 heterocycles. The van der Waals surface area contributed by atoms with E-state index in [1.54, 1.807) is 13.3 Å². The minimum absolute atomic E-state index is 0.308. The van der Waals surface area contributed by atoms with Gasteiger partial charge < -0.3 is 15.4 Å². The van der Waals surface area contributed by atoms with Crippen LogP contribution < -0.4 is 15.4 Å². The lowest BCUT2D eigenvalue weighted by Crippen LogP contribution is -2.31. The van der Waals surface area contributed by atoms with Crippen molar-refractivity contribution >= 4 is 11.5 Å². The number of benzene rings is 1. The number of hydrogen-bond acceptors (Lipinski definition) is 4. The maximum absolute atomic E-state index is 5.67. The molecule has 0 aliphatic rings. The zero-order valence-corrected chi connectivity index (χ0v) is 12.2. The molecule has 106 valence electrons. The Morgan fingerprint density at radius 1 is 1.25 bits per heavy atom. The van der Waals surface area contributed by atoms with E-state index in [2.05, 4.69) is 22.9 Å². The van der Waals surface area contributed by atoms with E-state index in [4.69, 9.17) is 10.5 Å². The normalized spacial score (nSPS) is 11.9. The Morgan fingerprint density at radius 2 is 2.00 bits per heavy atom. The summed E-state index contributed by atoms with van der Waals surface area (Å²) in [7, 11) is 3.74. The Labute approximate surface area is 120 Å². The lowest BCUT2D eigenvalue weighted by atomic mass is 10.1. The van der Waals surface area contributed by atoms with Crippen LogP contribution in [0.1, 0.15) is 12.5 Å². The van der Waals surface area contributed by atoms with Crippen LogP contribution in [0, 0.1) is 0 Å². The summed E-state index contributed by atoms with van der Waals surface area (Å²) in [6.07, 6.45) is 2.58. The molecule has 0 fully saturated rings. The van der Waals surface area contributed by atoms with Crippen LogP contribution >= 0.6 is 0 Å². The smallest absolute Gasteiger partial charge is 0.128 e. The quantitative estimate of drug-likeness (QED) is 0.908. The van der Waals surface area contributed by atoms with E-state index < -0.39 is 0 Å². The highest BCUT2D eigenvalue weighted by molar-refractivity contribution is 5.46. The fourth-order valence-electron chi connectivity index (χ4n) is 2.16. The third-order valence-corrected chi connectivity index (χ3v) is 3.50. The lowest BCUT2D eigenvalue weighted by molar-refractivity contribution is 0.408. The topological polar surface area (TPSA) is 51.4 Å². The fourth-order valence-corrected chi connectivity index (χ4v) is 2.16. The number of nitrogen functional groups attached to an aromatic ring is 1. The molecule has 1 aromatic carbocycles. The molecule has 4 nitrogen and oxygen atoms in total. The first-order chi connectivity index (χ1) is 9.61. The molecule has 2 aromatic rings. The van der Waals surface area contributed by atoms with Crippen molar-refractivity contribution in [2.45, 2.75) is 19.4 Å². The number of methoxy groups -OCH3 is 1. The molecule has 2 N–H and O–H groups in total. The highest BCUT2D eigenvalue weighted by Crippen LogP contribution is 2.22. The summed E-state index contributed by atoms with van der Waals surface area (Å²) in [5.74, 6) is 1.85. The van der Waals surface area contributed by atoms with Gasteiger partial charge >= 0.3 is 0 Å². The van der Waals surface area contributed by atoms with Gasteiger partial charge in [0.15, 0.2) is 0 Å². The molecular weight excluding hydrogens is 250 g/mol. The Hall–Kier alpha value is -2.23. The van der Waals surface area contributed by atoms with Crippen molar-refractivity contribution in [2.24, 2.45) is 0 Å². The average molecular weight is 271 g/mol. The third kappa shape index (κ3) is 3.20. The number of pyridine rings is 1. The van der Waals surface area contributed by atoms with Crippen LogP contribution in [0.25, 0.3) is 0 Å². The number of nitrogens with two attached hydrogens (primary N) is 1. The zero-order valence-electron chi connectivity index (χ0n) is 12.2. The summed E-state index contributed by atoms with van der Waals surface area (Å²) >= 11 is 0.